The number of aliphatic hydroxyl groups excluding tert-OH is 1. The van der Waals surface area contributed by atoms with Crippen molar-refractivity contribution in [2.75, 3.05) is 30.4 Å². The molecule has 0 saturated heterocycles. The van der Waals surface area contributed by atoms with Crippen molar-refractivity contribution in [3.63, 3.8) is 0 Å². The van der Waals surface area contributed by atoms with Gasteiger partial charge < -0.3 is 15.3 Å². The smallest absolute Gasteiger partial charge is 0.259 e. The molecule has 134 valence electrons. The van der Waals surface area contributed by atoms with Crippen LogP contribution in [0.3, 0.4) is 0 Å². The van der Waals surface area contributed by atoms with Crippen LogP contribution >= 0.6 is 0 Å². The van der Waals surface area contributed by atoms with Crippen molar-refractivity contribution < 1.29 is 9.90 Å². The van der Waals surface area contributed by atoms with Crippen LogP contribution in [-0.4, -0.2) is 41.0 Å². The van der Waals surface area contributed by atoms with Gasteiger partial charge in [-0.2, -0.15) is 5.10 Å². The summed E-state index contributed by atoms with van der Waals surface area (Å²) in [4.78, 5) is 14.5. The fourth-order valence-electron chi connectivity index (χ4n) is 3.44. The minimum Gasteiger partial charge on any atom is -0.395 e. The summed E-state index contributed by atoms with van der Waals surface area (Å²) in [6, 6.07) is 8.04. The fraction of sp³-hybridized carbons (Fsp3) is 0.474. The van der Waals surface area contributed by atoms with E-state index in [0.717, 1.165) is 29.9 Å². The predicted octanol–water partition coefficient (Wildman–Crippen LogP) is 2.99. The molecule has 2 N–H and O–H groups in total. The molecule has 1 aromatic carbocycles. The van der Waals surface area contributed by atoms with E-state index >= 15 is 0 Å². The topological polar surface area (TPSA) is 70.4 Å². The van der Waals surface area contributed by atoms with E-state index in [1.165, 1.54) is 12.8 Å². The second-order valence-corrected chi connectivity index (χ2v) is 6.67. The number of likely N-dealkylation sites (N-methyl/N-ethyl adjacent to an activating group) is 1. The summed E-state index contributed by atoms with van der Waals surface area (Å²) in [5, 5.41) is 16.4. The molecule has 0 bridgehead atoms. The molecule has 6 heteroatoms. The van der Waals surface area contributed by atoms with Crippen LogP contribution in [0.25, 0.3) is 0 Å². The fourth-order valence-corrected chi connectivity index (χ4v) is 3.44. The van der Waals surface area contributed by atoms with Crippen molar-refractivity contribution in [2.24, 2.45) is 0 Å². The van der Waals surface area contributed by atoms with Gasteiger partial charge in [0.1, 0.15) is 0 Å². The first-order valence-electron chi connectivity index (χ1n) is 8.87. The van der Waals surface area contributed by atoms with Crippen LogP contribution in [0, 0.1) is 6.92 Å². The predicted molar refractivity (Wildman–Crippen MR) is 99.2 cm³/mol. The van der Waals surface area contributed by atoms with Gasteiger partial charge in [-0.15, -0.1) is 0 Å². The maximum atomic E-state index is 12.6. The summed E-state index contributed by atoms with van der Waals surface area (Å²) in [6.07, 6.45) is 6.44. The summed E-state index contributed by atoms with van der Waals surface area (Å²) in [6.45, 7) is 2.65. The van der Waals surface area contributed by atoms with E-state index in [1.54, 1.807) is 6.20 Å². The van der Waals surface area contributed by atoms with Gasteiger partial charge in [-0.1, -0.05) is 12.8 Å². The second-order valence-electron chi connectivity index (χ2n) is 6.67. The van der Waals surface area contributed by atoms with E-state index in [0.29, 0.717) is 18.2 Å². The number of carbonyl (C=O) groups is 1. The highest BCUT2D eigenvalue weighted by atomic mass is 16.3. The Kier molecular flexibility index (Phi) is 5.38. The SMILES string of the molecule is Cc1c(C(=O)Nc2ccc(N(C)CCO)cc2)cnn1C1CCCC1. The molecular weight excluding hydrogens is 316 g/mol. The van der Waals surface area contributed by atoms with E-state index < -0.39 is 0 Å². The largest absolute Gasteiger partial charge is 0.395 e. The third kappa shape index (κ3) is 3.85. The molecule has 0 spiro atoms. The Labute approximate surface area is 148 Å². The third-order valence-electron chi connectivity index (χ3n) is 4.96. The van der Waals surface area contributed by atoms with E-state index in [-0.39, 0.29) is 12.5 Å². The van der Waals surface area contributed by atoms with Crippen molar-refractivity contribution in [1.82, 2.24) is 9.78 Å². The Morgan fingerprint density at radius 2 is 2.00 bits per heavy atom. The van der Waals surface area contributed by atoms with Gasteiger partial charge >= 0.3 is 0 Å². The van der Waals surface area contributed by atoms with Crippen LogP contribution in [0.15, 0.2) is 30.5 Å². The Bertz CT molecular complexity index is 718. The van der Waals surface area contributed by atoms with Crippen molar-refractivity contribution >= 4 is 17.3 Å². The van der Waals surface area contributed by atoms with Gasteiger partial charge in [0.15, 0.2) is 0 Å². The number of nitrogens with one attached hydrogen (secondary N) is 1. The highest BCUT2D eigenvalue weighted by Gasteiger charge is 2.22. The number of aromatic nitrogens is 2. The maximum Gasteiger partial charge on any atom is 0.259 e. The average molecular weight is 342 g/mol. The van der Waals surface area contributed by atoms with Gasteiger partial charge in [-0.25, -0.2) is 0 Å². The summed E-state index contributed by atoms with van der Waals surface area (Å²) in [5.74, 6) is -0.127. The van der Waals surface area contributed by atoms with Gasteiger partial charge in [-0.3, -0.25) is 9.48 Å². The Balaban J connectivity index is 1.68. The zero-order valence-corrected chi connectivity index (χ0v) is 14.9. The van der Waals surface area contributed by atoms with E-state index in [9.17, 15) is 4.79 Å². The van der Waals surface area contributed by atoms with Gasteiger partial charge in [0, 0.05) is 30.7 Å². The molecule has 0 atom stereocenters. The number of nitrogens with zero attached hydrogens (tertiary/aromatic N) is 3. The van der Waals surface area contributed by atoms with E-state index in [4.69, 9.17) is 5.11 Å². The van der Waals surface area contributed by atoms with E-state index in [1.807, 2.05) is 47.8 Å². The second kappa shape index (κ2) is 7.70. The van der Waals surface area contributed by atoms with Crippen LogP contribution in [0.1, 0.15) is 47.8 Å². The first-order chi connectivity index (χ1) is 12.1. The lowest BCUT2D eigenvalue weighted by Gasteiger charge is -2.18. The molecule has 1 saturated carbocycles. The van der Waals surface area contributed by atoms with Gasteiger partial charge in [0.2, 0.25) is 0 Å². The molecule has 2 aromatic rings. The number of benzene rings is 1. The number of anilines is 2. The van der Waals surface area contributed by atoms with Gasteiger partial charge in [-0.05, 0) is 44.0 Å². The van der Waals surface area contributed by atoms with Crippen molar-refractivity contribution in [1.29, 1.82) is 0 Å². The summed E-state index contributed by atoms with van der Waals surface area (Å²) >= 11 is 0. The lowest BCUT2D eigenvalue weighted by molar-refractivity contribution is 0.102. The standard InChI is InChI=1S/C19H26N4O2/c1-14-18(13-20-23(14)17-5-3-4-6-17)19(25)21-15-7-9-16(10-8-15)22(2)11-12-24/h7-10,13,17,24H,3-6,11-12H2,1-2H3,(H,21,25). The van der Waals surface area contributed by atoms with Crippen LogP contribution in [0.5, 0.6) is 0 Å². The summed E-state index contributed by atoms with van der Waals surface area (Å²) < 4.78 is 2.01. The molecule has 6 nitrogen and oxygen atoms in total. The van der Waals surface area contributed by atoms with Gasteiger partial charge in [0.05, 0.1) is 24.4 Å². The Morgan fingerprint density at radius 1 is 1.32 bits per heavy atom. The Hall–Kier alpha value is -2.34. The monoisotopic (exact) mass is 342 g/mol. The normalized spacial score (nSPS) is 14.7. The van der Waals surface area contributed by atoms with Crippen LogP contribution in [0.4, 0.5) is 11.4 Å². The quantitative estimate of drug-likeness (QED) is 0.847. The van der Waals surface area contributed by atoms with E-state index in [2.05, 4.69) is 10.4 Å². The highest BCUT2D eigenvalue weighted by molar-refractivity contribution is 6.04. The minimum absolute atomic E-state index is 0.110. The van der Waals surface area contributed by atoms with Crippen molar-refractivity contribution in [2.45, 2.75) is 38.6 Å². The molecule has 1 fully saturated rings. The zero-order chi connectivity index (χ0) is 17.8. The number of amides is 1. The lowest BCUT2D eigenvalue weighted by atomic mass is 10.2. The first-order valence-corrected chi connectivity index (χ1v) is 8.87. The number of hydrogen-bond acceptors (Lipinski definition) is 4. The lowest BCUT2D eigenvalue weighted by Crippen LogP contribution is -2.21. The van der Waals surface area contributed by atoms with Crippen molar-refractivity contribution in [3.05, 3.63) is 41.7 Å². The molecule has 1 heterocycles. The van der Waals surface area contributed by atoms with Crippen LogP contribution < -0.4 is 10.2 Å². The molecular formula is C19H26N4O2. The van der Waals surface area contributed by atoms with Gasteiger partial charge in [0.25, 0.3) is 5.91 Å². The van der Waals surface area contributed by atoms with Crippen LogP contribution in [0.2, 0.25) is 0 Å². The third-order valence-corrected chi connectivity index (χ3v) is 4.96. The first kappa shape index (κ1) is 17.5. The Morgan fingerprint density at radius 3 is 2.64 bits per heavy atom. The zero-order valence-electron chi connectivity index (χ0n) is 14.9. The minimum atomic E-state index is -0.127. The molecule has 1 aromatic heterocycles. The number of carbonyl (C=O) groups excluding carboxylic acids is 1. The molecule has 3 rings (SSSR count). The number of rotatable bonds is 6. The molecule has 0 radical (unpaired) electrons. The summed E-state index contributed by atoms with van der Waals surface area (Å²) in [7, 11) is 1.92. The average Bonchev–Trinajstić information content (AvgIpc) is 3.25. The maximum absolute atomic E-state index is 12.6. The molecule has 25 heavy (non-hydrogen) atoms. The van der Waals surface area contributed by atoms with Crippen molar-refractivity contribution in [3.8, 4) is 0 Å². The molecule has 1 aliphatic carbocycles. The summed E-state index contributed by atoms with van der Waals surface area (Å²) in [5.41, 5.74) is 3.31. The molecule has 1 aliphatic rings. The molecule has 0 aliphatic heterocycles. The highest BCUT2D eigenvalue weighted by Crippen LogP contribution is 2.30. The number of hydrogen-bond donors (Lipinski definition) is 2. The van der Waals surface area contributed by atoms with Crippen LogP contribution in [-0.2, 0) is 0 Å². The molecule has 1 amide bonds. The number of aliphatic hydroxyl groups is 1. The molecule has 0 unspecified atom stereocenters.